The summed E-state index contributed by atoms with van der Waals surface area (Å²) in [4.78, 5) is 11.5. The van der Waals surface area contributed by atoms with Crippen molar-refractivity contribution in [3.63, 3.8) is 0 Å². The highest BCUT2D eigenvalue weighted by Crippen LogP contribution is 2.46. The number of halogens is 1. The van der Waals surface area contributed by atoms with E-state index in [9.17, 15) is 14.3 Å². The molecule has 2 aromatic rings. The van der Waals surface area contributed by atoms with E-state index >= 15 is 0 Å². The first-order chi connectivity index (χ1) is 13.3. The van der Waals surface area contributed by atoms with Crippen molar-refractivity contribution in [1.29, 1.82) is 0 Å². The molecule has 1 aliphatic carbocycles. The minimum absolute atomic E-state index is 0.0951. The van der Waals surface area contributed by atoms with Crippen molar-refractivity contribution >= 4 is 23.2 Å². The molecule has 1 N–H and O–H groups in total. The van der Waals surface area contributed by atoms with E-state index in [1.807, 2.05) is 0 Å². The van der Waals surface area contributed by atoms with Crippen LogP contribution in [-0.2, 0) is 4.79 Å². The molecule has 0 amide bonds. The number of hydrogen-bond donors (Lipinski definition) is 1. The summed E-state index contributed by atoms with van der Waals surface area (Å²) in [6.07, 6.45) is 2.77. The Balaban J connectivity index is 2.16. The van der Waals surface area contributed by atoms with Crippen LogP contribution >= 0.6 is 0 Å². The molecule has 0 fully saturated rings. The highest BCUT2D eigenvalue weighted by atomic mass is 19.1. The van der Waals surface area contributed by atoms with Crippen molar-refractivity contribution in [2.24, 2.45) is 5.92 Å². The van der Waals surface area contributed by atoms with Gasteiger partial charge < -0.3 is 5.11 Å². The average molecular weight is 378 g/mol. The number of carboxylic acid groups (broad SMARTS) is 1. The van der Waals surface area contributed by atoms with Crippen molar-refractivity contribution in [2.75, 3.05) is 0 Å². The van der Waals surface area contributed by atoms with Gasteiger partial charge >= 0.3 is 5.97 Å². The zero-order valence-electron chi connectivity index (χ0n) is 16.9. The molecule has 0 saturated carbocycles. The second-order valence-corrected chi connectivity index (χ2v) is 8.19. The van der Waals surface area contributed by atoms with E-state index in [0.29, 0.717) is 17.4 Å². The van der Waals surface area contributed by atoms with Crippen LogP contribution in [0.2, 0.25) is 0 Å². The fourth-order valence-electron chi connectivity index (χ4n) is 3.79. The highest BCUT2D eigenvalue weighted by Gasteiger charge is 2.28. The predicted octanol–water partition coefficient (Wildman–Crippen LogP) is 6.78. The van der Waals surface area contributed by atoms with Gasteiger partial charge in [0.25, 0.3) is 0 Å². The Morgan fingerprint density at radius 2 is 1.68 bits per heavy atom. The Bertz CT molecular complexity index is 947. The number of rotatable bonds is 6. The minimum Gasteiger partial charge on any atom is -0.481 e. The molecular formula is C25H27FO2. The van der Waals surface area contributed by atoms with Crippen LogP contribution in [0.1, 0.15) is 68.7 Å². The first kappa shape index (κ1) is 20.1. The number of aliphatic carboxylic acids is 1. The third kappa shape index (κ3) is 4.24. The van der Waals surface area contributed by atoms with Crippen LogP contribution in [0.15, 0.2) is 48.0 Å². The second-order valence-electron chi connectivity index (χ2n) is 8.19. The molecule has 2 nitrogen and oxygen atoms in total. The van der Waals surface area contributed by atoms with E-state index in [-0.39, 0.29) is 12.2 Å². The van der Waals surface area contributed by atoms with Crippen LogP contribution in [0.25, 0.3) is 17.2 Å². The van der Waals surface area contributed by atoms with Gasteiger partial charge in [-0.15, -0.1) is 0 Å². The number of fused-ring (bicyclic) bond motifs is 1. The minimum atomic E-state index is -0.894. The summed E-state index contributed by atoms with van der Waals surface area (Å²) in [5, 5.41) is 9.43. The summed E-state index contributed by atoms with van der Waals surface area (Å²) in [6, 6.07) is 13.1. The third-order valence-corrected chi connectivity index (χ3v) is 5.14. The van der Waals surface area contributed by atoms with Crippen molar-refractivity contribution in [2.45, 2.75) is 46.5 Å². The fourth-order valence-corrected chi connectivity index (χ4v) is 3.79. The lowest BCUT2D eigenvalue weighted by Gasteiger charge is -2.12. The van der Waals surface area contributed by atoms with Crippen LogP contribution in [0.4, 0.5) is 4.39 Å². The molecule has 0 aliphatic heterocycles. The second kappa shape index (κ2) is 8.14. The monoisotopic (exact) mass is 378 g/mol. The Morgan fingerprint density at radius 1 is 1.00 bits per heavy atom. The summed E-state index contributed by atoms with van der Waals surface area (Å²) in [7, 11) is 0. The van der Waals surface area contributed by atoms with Gasteiger partial charge in [-0.1, -0.05) is 58.0 Å². The van der Waals surface area contributed by atoms with Gasteiger partial charge in [0.1, 0.15) is 5.82 Å². The molecule has 1 aliphatic rings. The Kier molecular flexibility index (Phi) is 5.83. The predicted molar refractivity (Wildman–Crippen MR) is 113 cm³/mol. The van der Waals surface area contributed by atoms with Gasteiger partial charge in [0, 0.05) is 0 Å². The first-order valence-electron chi connectivity index (χ1n) is 9.82. The van der Waals surface area contributed by atoms with Gasteiger partial charge in [0.2, 0.25) is 0 Å². The number of carbonyl (C=O) groups is 1. The Hall–Kier alpha value is -2.68. The molecule has 0 bridgehead atoms. The van der Waals surface area contributed by atoms with E-state index in [2.05, 4.69) is 58.0 Å². The maximum atomic E-state index is 13.9. The van der Waals surface area contributed by atoms with E-state index in [4.69, 9.17) is 0 Å². The number of allylic oxidation sites excluding steroid dienone is 2. The lowest BCUT2D eigenvalue weighted by Crippen LogP contribution is -1.99. The smallest absolute Gasteiger partial charge is 0.307 e. The first-order valence-corrected chi connectivity index (χ1v) is 9.82. The molecule has 0 saturated heterocycles. The van der Waals surface area contributed by atoms with Crippen LogP contribution < -0.4 is 0 Å². The van der Waals surface area contributed by atoms with Gasteiger partial charge in [-0.3, -0.25) is 4.79 Å². The Labute approximate surface area is 166 Å². The highest BCUT2D eigenvalue weighted by molar-refractivity contribution is 6.07. The van der Waals surface area contributed by atoms with Crippen molar-refractivity contribution in [3.8, 4) is 0 Å². The molecule has 2 aromatic carbocycles. The standard InChI is InChI=1S/C25H27FO2/c1-15(2)11-21-22(12-17-5-7-18(8-6-17)16(3)4)20-10-9-19(26)13-23(20)24(21)14-25(27)28/h5-10,12-13,15-16H,11,14H2,1-4H3,(H,27,28). The number of carboxylic acids is 1. The molecule has 3 rings (SSSR count). The zero-order chi connectivity index (χ0) is 20.4. The molecular weight excluding hydrogens is 351 g/mol. The van der Waals surface area contributed by atoms with Crippen LogP contribution in [0.5, 0.6) is 0 Å². The molecule has 0 aromatic heterocycles. The maximum Gasteiger partial charge on any atom is 0.307 e. The molecule has 28 heavy (non-hydrogen) atoms. The Morgan fingerprint density at radius 3 is 2.25 bits per heavy atom. The normalized spacial score (nSPS) is 15.0. The van der Waals surface area contributed by atoms with E-state index in [1.165, 1.54) is 17.7 Å². The molecule has 0 atom stereocenters. The van der Waals surface area contributed by atoms with E-state index in [0.717, 1.165) is 34.3 Å². The van der Waals surface area contributed by atoms with E-state index in [1.54, 1.807) is 6.07 Å². The lowest BCUT2D eigenvalue weighted by atomic mass is 9.92. The SMILES string of the molecule is CC(C)CC1=C(CC(=O)O)c2cc(F)ccc2C1=Cc1ccc(C(C)C)cc1. The zero-order valence-corrected chi connectivity index (χ0v) is 16.9. The van der Waals surface area contributed by atoms with Gasteiger partial charge in [0.05, 0.1) is 6.42 Å². The molecule has 0 spiro atoms. The van der Waals surface area contributed by atoms with Gasteiger partial charge in [-0.2, -0.15) is 0 Å². The average Bonchev–Trinajstić information content (AvgIpc) is 2.87. The number of benzene rings is 2. The van der Waals surface area contributed by atoms with Crippen molar-refractivity contribution < 1.29 is 14.3 Å². The molecule has 146 valence electrons. The largest absolute Gasteiger partial charge is 0.481 e. The summed E-state index contributed by atoms with van der Waals surface area (Å²) in [5.41, 5.74) is 6.74. The van der Waals surface area contributed by atoms with Gasteiger partial charge in [-0.05, 0) is 75.4 Å². The van der Waals surface area contributed by atoms with Crippen LogP contribution in [0, 0.1) is 11.7 Å². The third-order valence-electron chi connectivity index (χ3n) is 5.14. The van der Waals surface area contributed by atoms with Crippen molar-refractivity contribution in [3.05, 3.63) is 76.1 Å². The molecule has 0 radical (unpaired) electrons. The summed E-state index contributed by atoms with van der Waals surface area (Å²) >= 11 is 0. The van der Waals surface area contributed by atoms with Gasteiger partial charge in [0.15, 0.2) is 0 Å². The quantitative estimate of drug-likeness (QED) is 0.602. The fraction of sp³-hybridized carbons (Fsp3) is 0.320. The summed E-state index contributed by atoms with van der Waals surface area (Å²) < 4.78 is 13.9. The van der Waals surface area contributed by atoms with Crippen LogP contribution in [0.3, 0.4) is 0 Å². The number of hydrogen-bond acceptors (Lipinski definition) is 1. The van der Waals surface area contributed by atoms with Crippen LogP contribution in [-0.4, -0.2) is 11.1 Å². The summed E-state index contributed by atoms with van der Waals surface area (Å²) in [6.45, 7) is 8.56. The molecule has 0 unspecified atom stereocenters. The molecule has 0 heterocycles. The summed E-state index contributed by atoms with van der Waals surface area (Å²) in [5.74, 6) is -0.401. The van der Waals surface area contributed by atoms with E-state index < -0.39 is 5.97 Å². The van der Waals surface area contributed by atoms with Gasteiger partial charge in [-0.25, -0.2) is 4.39 Å². The molecule has 3 heteroatoms. The lowest BCUT2D eigenvalue weighted by molar-refractivity contribution is -0.135. The maximum absolute atomic E-state index is 13.9. The topological polar surface area (TPSA) is 37.3 Å². The van der Waals surface area contributed by atoms with Crippen molar-refractivity contribution in [1.82, 2.24) is 0 Å².